The number of rotatable bonds is 10. The summed E-state index contributed by atoms with van der Waals surface area (Å²) in [5.74, 6) is -10.2. The highest BCUT2D eigenvalue weighted by Crippen LogP contribution is 2.28. The summed E-state index contributed by atoms with van der Waals surface area (Å²) in [5.41, 5.74) is -2.13. The van der Waals surface area contributed by atoms with E-state index in [1.165, 1.54) is 24.3 Å². The second kappa shape index (κ2) is 16.4. The van der Waals surface area contributed by atoms with Gasteiger partial charge in [-0.15, -0.1) is 0 Å². The van der Waals surface area contributed by atoms with Crippen LogP contribution in [0.3, 0.4) is 0 Å². The van der Waals surface area contributed by atoms with E-state index >= 15 is 0 Å². The maximum absolute atomic E-state index is 13.9. The molecule has 0 aliphatic heterocycles. The number of hydrogen-bond donors (Lipinski definition) is 2. The predicted octanol–water partition coefficient (Wildman–Crippen LogP) is 7.12. The number of aromatic amines is 1. The number of nitrogens with one attached hydrogen (secondary N) is 1. The summed E-state index contributed by atoms with van der Waals surface area (Å²) in [6.07, 6.45) is 0. The zero-order valence-corrected chi connectivity index (χ0v) is 27.5. The van der Waals surface area contributed by atoms with Crippen LogP contribution in [0.25, 0.3) is 23.0 Å². The normalized spacial score (nSPS) is 11.2. The van der Waals surface area contributed by atoms with Gasteiger partial charge in [-0.3, -0.25) is 4.79 Å². The molecule has 2 aromatic carbocycles. The van der Waals surface area contributed by atoms with Crippen molar-refractivity contribution in [2.45, 2.75) is 26.3 Å². The minimum Gasteiger partial charge on any atom is -0.491 e. The van der Waals surface area contributed by atoms with E-state index < -0.39 is 101 Å². The Kier molecular flexibility index (Phi) is 11.9. The Bertz CT molecular complexity index is 2350. The highest BCUT2D eigenvalue weighted by molar-refractivity contribution is 6.33. The molecule has 6 rings (SSSR count). The molecule has 0 amide bonds. The second-order valence-corrected chi connectivity index (χ2v) is 10.9. The van der Waals surface area contributed by atoms with Crippen LogP contribution in [0.2, 0.25) is 10.3 Å². The molecule has 54 heavy (non-hydrogen) atoms. The summed E-state index contributed by atoms with van der Waals surface area (Å²) in [4.78, 5) is 23.9. The predicted molar refractivity (Wildman–Crippen MR) is 165 cm³/mol. The van der Waals surface area contributed by atoms with Gasteiger partial charge in [0.15, 0.2) is 51.0 Å². The summed E-state index contributed by atoms with van der Waals surface area (Å²) in [6.45, 7) is -7.41. The fraction of sp³-hybridized carbons (Fsp3) is 0.133. The number of H-pyrrole nitrogens is 1. The molecule has 0 unspecified atom stereocenters. The second-order valence-electron chi connectivity index (χ2n) is 10.2. The molecule has 0 radical (unpaired) electrons. The van der Waals surface area contributed by atoms with Crippen LogP contribution in [0.15, 0.2) is 53.3 Å². The first-order valence-electron chi connectivity index (χ1n) is 14.3. The van der Waals surface area contributed by atoms with Crippen molar-refractivity contribution in [1.82, 2.24) is 39.5 Å². The van der Waals surface area contributed by atoms with E-state index in [1.807, 2.05) is 4.98 Å². The molecule has 0 aliphatic carbocycles. The fourth-order valence-electron chi connectivity index (χ4n) is 4.36. The number of hydrogen-bond acceptors (Lipinski definition) is 9. The first-order chi connectivity index (χ1) is 25.5. The largest absolute Gasteiger partial charge is 0.491 e. The van der Waals surface area contributed by atoms with Gasteiger partial charge in [0.05, 0.1) is 13.1 Å². The molecular weight excluding hydrogens is 797 g/mol. The Hall–Kier alpha value is -5.90. The molecule has 12 nitrogen and oxygen atoms in total. The average Bonchev–Trinajstić information content (AvgIpc) is 3.69. The van der Waals surface area contributed by atoms with E-state index in [-0.39, 0.29) is 28.3 Å². The third-order valence-corrected chi connectivity index (χ3v) is 7.20. The zero-order chi connectivity index (χ0) is 39.4. The van der Waals surface area contributed by atoms with Gasteiger partial charge in [0.25, 0.3) is 11.4 Å². The fourth-order valence-corrected chi connectivity index (χ4v) is 4.75. The summed E-state index contributed by atoms with van der Waals surface area (Å²) in [6, 6.07) is 8.59. The molecule has 0 aliphatic rings. The standard InChI is InChI=1S/C15H7Cl2F5N4O.C15H9F5N4O3/c16-12-11(20)13(17)24-14(23-12)8-4-9(27-15(21)22)26(25-8)5-6-2-1-3-7(18)10(6)19;16-7-3-1-2-6(10(7)17)5-24-9(27-15(19)20)4-8(23-24)12-21-13(25)11(18)14(26)22-12/h1-4,15H,5H2;1-4,15H,5H2,(H2,21,22,25,26). The van der Waals surface area contributed by atoms with Crippen molar-refractivity contribution >= 4 is 23.2 Å². The van der Waals surface area contributed by atoms with E-state index in [4.69, 9.17) is 23.2 Å². The van der Waals surface area contributed by atoms with Crippen LogP contribution in [0.1, 0.15) is 11.1 Å². The van der Waals surface area contributed by atoms with Crippen LogP contribution in [-0.2, 0) is 13.1 Å². The van der Waals surface area contributed by atoms with Crippen LogP contribution in [-0.4, -0.2) is 57.8 Å². The lowest BCUT2D eigenvalue weighted by Gasteiger charge is -2.09. The number of halogens is 12. The molecule has 2 N–H and O–H groups in total. The maximum Gasteiger partial charge on any atom is 0.388 e. The SMILES string of the molecule is Fc1cccc(Cn2nc(-c3nc(Cl)c(F)c(Cl)n3)cc2OC(F)F)c1F.O=c1[nH]c(-c2cc(OC(F)F)n(Cc3cccc(F)c3F)n2)nc(O)c1F. The summed E-state index contributed by atoms with van der Waals surface area (Å²) in [7, 11) is 0. The highest BCUT2D eigenvalue weighted by atomic mass is 35.5. The van der Waals surface area contributed by atoms with Crippen LogP contribution in [0, 0.1) is 34.9 Å². The van der Waals surface area contributed by atoms with Crippen molar-refractivity contribution in [3.8, 4) is 40.7 Å². The third kappa shape index (κ3) is 9.00. The van der Waals surface area contributed by atoms with Crippen molar-refractivity contribution < 1.29 is 58.5 Å². The van der Waals surface area contributed by atoms with Crippen LogP contribution >= 0.6 is 23.2 Å². The van der Waals surface area contributed by atoms with Gasteiger partial charge < -0.3 is 19.6 Å². The minimum atomic E-state index is -3.26. The summed E-state index contributed by atoms with van der Waals surface area (Å²) in [5, 5.41) is 15.8. The quantitative estimate of drug-likeness (QED) is 0.109. The first kappa shape index (κ1) is 39.3. The van der Waals surface area contributed by atoms with Gasteiger partial charge in [0.2, 0.25) is 17.6 Å². The molecule has 0 saturated carbocycles. The number of benzene rings is 2. The maximum atomic E-state index is 13.9. The summed E-state index contributed by atoms with van der Waals surface area (Å²) >= 11 is 11.2. The van der Waals surface area contributed by atoms with Crippen LogP contribution < -0.4 is 15.0 Å². The molecule has 0 atom stereocenters. The molecular formula is C30H16Cl2F10N8O4. The Labute approximate surface area is 303 Å². The van der Waals surface area contributed by atoms with Crippen LogP contribution in [0.4, 0.5) is 43.9 Å². The Morgan fingerprint density at radius 2 is 1.15 bits per heavy atom. The third-order valence-electron chi connectivity index (χ3n) is 6.70. The van der Waals surface area contributed by atoms with E-state index in [9.17, 15) is 53.8 Å². The zero-order valence-electron chi connectivity index (χ0n) is 26.0. The highest BCUT2D eigenvalue weighted by Gasteiger charge is 2.22. The number of alkyl halides is 4. The number of aromatic hydroxyl groups is 1. The minimum absolute atomic E-state index is 0.147. The van der Waals surface area contributed by atoms with Gasteiger partial charge in [0, 0.05) is 23.3 Å². The molecule has 0 bridgehead atoms. The molecule has 6 aromatic rings. The van der Waals surface area contributed by atoms with Crippen molar-refractivity contribution in [2.24, 2.45) is 0 Å². The summed E-state index contributed by atoms with van der Waals surface area (Å²) < 4.78 is 142. The van der Waals surface area contributed by atoms with Crippen molar-refractivity contribution in [3.63, 3.8) is 0 Å². The lowest BCUT2D eigenvalue weighted by Crippen LogP contribution is -2.13. The molecule has 4 aromatic heterocycles. The van der Waals surface area contributed by atoms with Gasteiger partial charge in [-0.05, 0) is 12.1 Å². The molecule has 0 spiro atoms. The van der Waals surface area contributed by atoms with Crippen molar-refractivity contribution in [2.75, 3.05) is 0 Å². The van der Waals surface area contributed by atoms with Crippen molar-refractivity contribution in [3.05, 3.63) is 115 Å². The van der Waals surface area contributed by atoms with Gasteiger partial charge in [-0.2, -0.15) is 37.1 Å². The Morgan fingerprint density at radius 3 is 1.61 bits per heavy atom. The number of nitrogens with zero attached hydrogens (tertiary/aromatic N) is 7. The first-order valence-corrected chi connectivity index (χ1v) is 15.1. The lowest BCUT2D eigenvalue weighted by molar-refractivity contribution is -0.0563. The molecule has 4 heterocycles. The molecule has 284 valence electrons. The number of ether oxygens (including phenoxy) is 2. The van der Waals surface area contributed by atoms with E-state index in [2.05, 4.69) is 34.6 Å². The van der Waals surface area contributed by atoms with E-state index in [1.54, 1.807) is 0 Å². The van der Waals surface area contributed by atoms with Gasteiger partial charge in [0.1, 0.15) is 11.4 Å². The van der Waals surface area contributed by atoms with Crippen molar-refractivity contribution in [1.29, 1.82) is 0 Å². The lowest BCUT2D eigenvalue weighted by atomic mass is 10.2. The van der Waals surface area contributed by atoms with Crippen LogP contribution in [0.5, 0.6) is 17.6 Å². The van der Waals surface area contributed by atoms with E-state index in [0.717, 1.165) is 33.6 Å². The average molecular weight is 813 g/mol. The molecule has 0 fully saturated rings. The smallest absolute Gasteiger partial charge is 0.388 e. The monoisotopic (exact) mass is 812 g/mol. The Balaban J connectivity index is 0.000000208. The topological polar surface area (TPSA) is 146 Å². The van der Waals surface area contributed by atoms with Gasteiger partial charge in [-0.1, -0.05) is 47.5 Å². The molecule has 24 heteroatoms. The van der Waals surface area contributed by atoms with Gasteiger partial charge in [-0.25, -0.2) is 41.3 Å². The van der Waals surface area contributed by atoms with E-state index in [0.29, 0.717) is 0 Å². The number of aromatic nitrogens is 8. The van der Waals surface area contributed by atoms with Gasteiger partial charge >= 0.3 is 13.2 Å². The molecule has 0 saturated heterocycles. The Morgan fingerprint density at radius 1 is 0.685 bits per heavy atom.